The van der Waals surface area contributed by atoms with E-state index in [9.17, 15) is 4.79 Å². The Morgan fingerprint density at radius 2 is 2.22 bits per heavy atom. The van der Waals surface area contributed by atoms with Crippen molar-refractivity contribution in [1.29, 1.82) is 0 Å². The molecular formula is C17H23N5O. The molecule has 6 heteroatoms. The molecule has 3 heterocycles. The summed E-state index contributed by atoms with van der Waals surface area (Å²) in [5, 5.41) is 6.63. The van der Waals surface area contributed by atoms with Crippen molar-refractivity contribution in [3.63, 3.8) is 0 Å². The highest BCUT2D eigenvalue weighted by atomic mass is 16.2. The second-order valence-corrected chi connectivity index (χ2v) is 6.08. The second kappa shape index (κ2) is 7.37. The smallest absolute Gasteiger partial charge is 0.271 e. The maximum absolute atomic E-state index is 12.4. The van der Waals surface area contributed by atoms with Crippen molar-refractivity contribution in [2.75, 3.05) is 20.1 Å². The SMILES string of the molecule is CN(Cc1ccccn1)[C@@H]1CCCN(C(=O)c2ccn[nH]2)CC1. The van der Waals surface area contributed by atoms with Crippen molar-refractivity contribution in [2.45, 2.75) is 31.8 Å². The number of aromatic amines is 1. The van der Waals surface area contributed by atoms with Crippen LogP contribution >= 0.6 is 0 Å². The van der Waals surface area contributed by atoms with E-state index in [4.69, 9.17) is 0 Å². The zero-order valence-electron chi connectivity index (χ0n) is 13.5. The number of carbonyl (C=O) groups excluding carboxylic acids is 1. The van der Waals surface area contributed by atoms with Gasteiger partial charge < -0.3 is 4.90 Å². The normalized spacial score (nSPS) is 18.9. The molecule has 0 aromatic carbocycles. The van der Waals surface area contributed by atoms with Gasteiger partial charge in [-0.05, 0) is 44.5 Å². The Kier molecular flexibility index (Phi) is 5.02. The summed E-state index contributed by atoms with van der Waals surface area (Å²) >= 11 is 0. The molecule has 1 atom stereocenters. The number of amides is 1. The van der Waals surface area contributed by atoms with Gasteiger partial charge in [0.25, 0.3) is 5.91 Å². The molecule has 1 amide bonds. The number of nitrogens with zero attached hydrogens (tertiary/aromatic N) is 4. The molecule has 2 aromatic rings. The van der Waals surface area contributed by atoms with E-state index in [1.54, 1.807) is 12.3 Å². The van der Waals surface area contributed by atoms with Gasteiger partial charge in [-0.3, -0.25) is 19.8 Å². The summed E-state index contributed by atoms with van der Waals surface area (Å²) in [6, 6.07) is 8.23. The number of aromatic nitrogens is 3. The first-order chi connectivity index (χ1) is 11.2. The Balaban J connectivity index is 1.56. The molecule has 23 heavy (non-hydrogen) atoms. The Labute approximate surface area is 136 Å². The number of pyridine rings is 1. The van der Waals surface area contributed by atoms with Crippen LogP contribution in [0.4, 0.5) is 0 Å². The topological polar surface area (TPSA) is 65.1 Å². The van der Waals surface area contributed by atoms with Gasteiger partial charge in [-0.15, -0.1) is 0 Å². The first kappa shape index (κ1) is 15.7. The molecule has 122 valence electrons. The molecule has 0 spiro atoms. The van der Waals surface area contributed by atoms with E-state index >= 15 is 0 Å². The molecule has 2 aromatic heterocycles. The Hall–Kier alpha value is -2.21. The maximum atomic E-state index is 12.4. The van der Waals surface area contributed by atoms with E-state index in [-0.39, 0.29) is 5.91 Å². The van der Waals surface area contributed by atoms with Crippen LogP contribution in [0.1, 0.15) is 35.4 Å². The lowest BCUT2D eigenvalue weighted by atomic mass is 10.1. The van der Waals surface area contributed by atoms with Crippen molar-refractivity contribution < 1.29 is 4.79 Å². The van der Waals surface area contributed by atoms with Gasteiger partial charge in [0.05, 0.1) is 5.69 Å². The summed E-state index contributed by atoms with van der Waals surface area (Å²) in [5.41, 5.74) is 1.66. The van der Waals surface area contributed by atoms with Gasteiger partial charge in [0.1, 0.15) is 5.69 Å². The van der Waals surface area contributed by atoms with Crippen molar-refractivity contribution in [2.24, 2.45) is 0 Å². The molecule has 0 radical (unpaired) electrons. The zero-order valence-corrected chi connectivity index (χ0v) is 13.5. The molecular weight excluding hydrogens is 290 g/mol. The average molecular weight is 313 g/mol. The van der Waals surface area contributed by atoms with Crippen LogP contribution in [0, 0.1) is 0 Å². The molecule has 1 N–H and O–H groups in total. The van der Waals surface area contributed by atoms with Gasteiger partial charge in [-0.1, -0.05) is 6.07 Å². The highest BCUT2D eigenvalue weighted by Crippen LogP contribution is 2.18. The third kappa shape index (κ3) is 3.96. The van der Waals surface area contributed by atoms with Crippen molar-refractivity contribution in [3.05, 3.63) is 48.0 Å². The van der Waals surface area contributed by atoms with E-state index in [0.29, 0.717) is 11.7 Å². The monoisotopic (exact) mass is 313 g/mol. The van der Waals surface area contributed by atoms with Crippen LogP contribution in [0.15, 0.2) is 36.7 Å². The zero-order chi connectivity index (χ0) is 16.1. The fraction of sp³-hybridized carbons (Fsp3) is 0.471. The highest BCUT2D eigenvalue weighted by Gasteiger charge is 2.24. The lowest BCUT2D eigenvalue weighted by molar-refractivity contribution is 0.0751. The van der Waals surface area contributed by atoms with Crippen LogP contribution in [-0.4, -0.2) is 57.1 Å². The molecule has 1 saturated heterocycles. The quantitative estimate of drug-likeness (QED) is 0.937. The van der Waals surface area contributed by atoms with Crippen molar-refractivity contribution in [1.82, 2.24) is 25.0 Å². The van der Waals surface area contributed by atoms with Crippen molar-refractivity contribution >= 4 is 5.91 Å². The number of H-pyrrole nitrogens is 1. The molecule has 1 fully saturated rings. The van der Waals surface area contributed by atoms with E-state index in [1.807, 2.05) is 23.2 Å². The van der Waals surface area contributed by atoms with E-state index in [1.165, 1.54) is 0 Å². The summed E-state index contributed by atoms with van der Waals surface area (Å²) in [4.78, 5) is 21.1. The summed E-state index contributed by atoms with van der Waals surface area (Å²) in [6.07, 6.45) is 6.58. The summed E-state index contributed by atoms with van der Waals surface area (Å²) in [6.45, 7) is 2.45. The second-order valence-electron chi connectivity index (χ2n) is 6.08. The molecule has 0 bridgehead atoms. The number of hydrogen-bond acceptors (Lipinski definition) is 4. The molecule has 6 nitrogen and oxygen atoms in total. The maximum Gasteiger partial charge on any atom is 0.271 e. The van der Waals surface area contributed by atoms with Gasteiger partial charge in [-0.25, -0.2) is 0 Å². The fourth-order valence-corrected chi connectivity index (χ4v) is 3.14. The molecule has 0 aliphatic carbocycles. The minimum atomic E-state index is 0.0514. The predicted octanol–water partition coefficient (Wildman–Crippen LogP) is 1.93. The molecule has 3 rings (SSSR count). The average Bonchev–Trinajstić information content (AvgIpc) is 2.99. The van der Waals surface area contributed by atoms with Gasteiger partial charge in [0, 0.05) is 38.1 Å². The Bertz CT molecular complexity index is 613. The van der Waals surface area contributed by atoms with Gasteiger partial charge in [0.15, 0.2) is 0 Å². The van der Waals surface area contributed by atoms with Crippen LogP contribution in [0.25, 0.3) is 0 Å². The summed E-state index contributed by atoms with van der Waals surface area (Å²) < 4.78 is 0. The third-order valence-corrected chi connectivity index (χ3v) is 4.48. The minimum Gasteiger partial charge on any atom is -0.337 e. The number of hydrogen-bond donors (Lipinski definition) is 1. The lowest BCUT2D eigenvalue weighted by Gasteiger charge is -2.27. The van der Waals surface area contributed by atoms with Gasteiger partial charge in [0.2, 0.25) is 0 Å². The number of likely N-dealkylation sites (tertiary alicyclic amines) is 1. The number of carbonyl (C=O) groups is 1. The summed E-state index contributed by atoms with van der Waals surface area (Å²) in [7, 11) is 2.14. The summed E-state index contributed by atoms with van der Waals surface area (Å²) in [5.74, 6) is 0.0514. The minimum absolute atomic E-state index is 0.0514. The number of rotatable bonds is 4. The van der Waals surface area contributed by atoms with Crippen LogP contribution in [0.5, 0.6) is 0 Å². The van der Waals surface area contributed by atoms with Gasteiger partial charge in [-0.2, -0.15) is 5.10 Å². The molecule has 0 saturated carbocycles. The van der Waals surface area contributed by atoms with E-state index in [2.05, 4.69) is 33.2 Å². The number of nitrogens with one attached hydrogen (secondary N) is 1. The van der Waals surface area contributed by atoms with Crippen LogP contribution in [0.2, 0.25) is 0 Å². The Morgan fingerprint density at radius 1 is 1.30 bits per heavy atom. The third-order valence-electron chi connectivity index (χ3n) is 4.48. The van der Waals surface area contributed by atoms with Crippen molar-refractivity contribution in [3.8, 4) is 0 Å². The first-order valence-electron chi connectivity index (χ1n) is 8.13. The standard InChI is InChI=1S/C17H23N5O/c1-21(13-14-5-2-3-9-18-14)15-6-4-11-22(12-8-15)17(23)16-7-10-19-20-16/h2-3,5,7,9-10,15H,4,6,8,11-13H2,1H3,(H,19,20)/t15-/m1/s1. The predicted molar refractivity (Wildman–Crippen MR) is 87.8 cm³/mol. The van der Waals surface area contributed by atoms with Crippen LogP contribution < -0.4 is 0 Å². The van der Waals surface area contributed by atoms with E-state index in [0.717, 1.165) is 44.6 Å². The fourth-order valence-electron chi connectivity index (χ4n) is 3.14. The van der Waals surface area contributed by atoms with E-state index < -0.39 is 0 Å². The molecule has 1 aliphatic rings. The Morgan fingerprint density at radius 3 is 2.96 bits per heavy atom. The highest BCUT2D eigenvalue weighted by molar-refractivity contribution is 5.92. The van der Waals surface area contributed by atoms with Gasteiger partial charge >= 0.3 is 0 Å². The largest absolute Gasteiger partial charge is 0.337 e. The van der Waals surface area contributed by atoms with Crippen LogP contribution in [0.3, 0.4) is 0 Å². The van der Waals surface area contributed by atoms with Crippen LogP contribution in [-0.2, 0) is 6.54 Å². The molecule has 1 aliphatic heterocycles. The lowest BCUT2D eigenvalue weighted by Crippen LogP contribution is -2.35. The first-order valence-corrected chi connectivity index (χ1v) is 8.13. The molecule has 0 unspecified atom stereocenters.